The molecular weight excluding hydrogens is 302 g/mol. The van der Waals surface area contributed by atoms with E-state index in [2.05, 4.69) is 90.7 Å². The monoisotopic (exact) mass is 327 g/mol. The second-order valence-electron chi connectivity index (χ2n) is 7.02. The zero-order valence-electron chi connectivity index (χ0n) is 14.9. The van der Waals surface area contributed by atoms with E-state index in [0.29, 0.717) is 6.04 Å². The van der Waals surface area contributed by atoms with Crippen molar-refractivity contribution in [3.05, 3.63) is 101 Å². The van der Waals surface area contributed by atoms with E-state index in [9.17, 15) is 0 Å². The maximum atomic E-state index is 2.60. The number of hydrogen-bond donors (Lipinski definition) is 0. The van der Waals surface area contributed by atoms with Crippen LogP contribution < -0.4 is 4.90 Å². The van der Waals surface area contributed by atoms with Crippen LogP contribution in [-0.4, -0.2) is 6.54 Å². The predicted molar refractivity (Wildman–Crippen MR) is 106 cm³/mol. The summed E-state index contributed by atoms with van der Waals surface area (Å²) in [7, 11) is 0. The SMILES string of the molecule is Cc1ccc(N2CCc3ccccc3C2CCc2ccccc2)cc1. The molecule has 0 aromatic heterocycles. The summed E-state index contributed by atoms with van der Waals surface area (Å²) in [4.78, 5) is 2.60. The molecule has 0 spiro atoms. The van der Waals surface area contributed by atoms with Crippen molar-refractivity contribution in [3.63, 3.8) is 0 Å². The van der Waals surface area contributed by atoms with Crippen LogP contribution >= 0.6 is 0 Å². The molecule has 0 bridgehead atoms. The zero-order valence-corrected chi connectivity index (χ0v) is 14.9. The van der Waals surface area contributed by atoms with Crippen molar-refractivity contribution < 1.29 is 0 Å². The molecular formula is C24H25N. The van der Waals surface area contributed by atoms with Crippen LogP contribution in [0.25, 0.3) is 0 Å². The Bertz CT molecular complexity index is 820. The van der Waals surface area contributed by atoms with E-state index in [4.69, 9.17) is 0 Å². The van der Waals surface area contributed by atoms with Crippen LogP contribution in [0.5, 0.6) is 0 Å². The molecule has 0 fully saturated rings. The summed E-state index contributed by atoms with van der Waals surface area (Å²) in [5.41, 5.74) is 7.11. The van der Waals surface area contributed by atoms with Crippen molar-refractivity contribution in [1.82, 2.24) is 0 Å². The lowest BCUT2D eigenvalue weighted by Crippen LogP contribution is -2.35. The molecule has 0 saturated carbocycles. The minimum absolute atomic E-state index is 0.452. The predicted octanol–water partition coefficient (Wildman–Crippen LogP) is 5.73. The summed E-state index contributed by atoms with van der Waals surface area (Å²) in [6, 6.07) is 29.3. The molecule has 3 aromatic carbocycles. The Balaban J connectivity index is 1.64. The molecule has 1 nitrogen and oxygen atoms in total. The van der Waals surface area contributed by atoms with Gasteiger partial charge in [-0.25, -0.2) is 0 Å². The van der Waals surface area contributed by atoms with Crippen LogP contribution in [0, 0.1) is 6.92 Å². The van der Waals surface area contributed by atoms with Crippen molar-refractivity contribution in [2.75, 3.05) is 11.4 Å². The number of aryl methyl sites for hydroxylation is 2. The highest BCUT2D eigenvalue weighted by Crippen LogP contribution is 2.36. The van der Waals surface area contributed by atoms with Crippen molar-refractivity contribution >= 4 is 5.69 Å². The minimum atomic E-state index is 0.452. The molecule has 0 amide bonds. The van der Waals surface area contributed by atoms with Crippen molar-refractivity contribution in [1.29, 1.82) is 0 Å². The van der Waals surface area contributed by atoms with Gasteiger partial charge in [0.2, 0.25) is 0 Å². The fourth-order valence-electron chi connectivity index (χ4n) is 3.96. The van der Waals surface area contributed by atoms with Gasteiger partial charge in [0.05, 0.1) is 6.04 Å². The minimum Gasteiger partial charge on any atom is -0.364 e. The van der Waals surface area contributed by atoms with Gasteiger partial charge in [0.15, 0.2) is 0 Å². The van der Waals surface area contributed by atoms with Gasteiger partial charge < -0.3 is 4.90 Å². The number of benzene rings is 3. The first-order chi connectivity index (χ1) is 12.3. The third-order valence-electron chi connectivity index (χ3n) is 5.33. The molecule has 0 aliphatic carbocycles. The normalized spacial score (nSPS) is 16.5. The topological polar surface area (TPSA) is 3.24 Å². The van der Waals surface area contributed by atoms with Gasteiger partial charge in [-0.3, -0.25) is 0 Å². The van der Waals surface area contributed by atoms with Crippen LogP contribution in [0.4, 0.5) is 5.69 Å². The van der Waals surface area contributed by atoms with E-state index in [1.54, 1.807) is 0 Å². The molecule has 1 heteroatoms. The average Bonchev–Trinajstić information content (AvgIpc) is 2.67. The zero-order chi connectivity index (χ0) is 17.1. The maximum Gasteiger partial charge on any atom is 0.0548 e. The molecule has 4 rings (SSSR count). The third-order valence-corrected chi connectivity index (χ3v) is 5.33. The molecule has 3 aromatic rings. The second-order valence-corrected chi connectivity index (χ2v) is 7.02. The molecule has 1 aliphatic heterocycles. The largest absolute Gasteiger partial charge is 0.364 e. The first-order valence-corrected chi connectivity index (χ1v) is 9.26. The molecule has 1 aliphatic rings. The highest BCUT2D eigenvalue weighted by atomic mass is 15.2. The van der Waals surface area contributed by atoms with Gasteiger partial charge in [0.1, 0.15) is 0 Å². The fourth-order valence-corrected chi connectivity index (χ4v) is 3.96. The Hall–Kier alpha value is -2.54. The fraction of sp³-hybridized carbons (Fsp3) is 0.250. The molecule has 1 unspecified atom stereocenters. The molecule has 25 heavy (non-hydrogen) atoms. The summed E-state index contributed by atoms with van der Waals surface area (Å²) in [6.07, 6.45) is 3.39. The molecule has 1 atom stereocenters. The smallest absolute Gasteiger partial charge is 0.0548 e. The highest BCUT2D eigenvalue weighted by Gasteiger charge is 2.27. The van der Waals surface area contributed by atoms with Gasteiger partial charge in [-0.05, 0) is 55.0 Å². The summed E-state index contributed by atoms with van der Waals surface area (Å²) in [5.74, 6) is 0. The van der Waals surface area contributed by atoms with E-state index in [1.807, 2.05) is 0 Å². The van der Waals surface area contributed by atoms with Gasteiger partial charge >= 0.3 is 0 Å². The number of hydrogen-bond acceptors (Lipinski definition) is 1. The first kappa shape index (κ1) is 16.0. The standard InChI is InChI=1S/C24H25N/c1-19-11-14-22(15-12-19)25-18-17-21-9-5-6-10-23(21)24(25)16-13-20-7-3-2-4-8-20/h2-12,14-15,24H,13,16-18H2,1H3. The molecule has 0 saturated heterocycles. The van der Waals surface area contributed by atoms with Crippen LogP contribution in [0.3, 0.4) is 0 Å². The molecule has 1 heterocycles. The van der Waals surface area contributed by atoms with Gasteiger partial charge in [-0.1, -0.05) is 72.3 Å². The van der Waals surface area contributed by atoms with Gasteiger partial charge in [-0.15, -0.1) is 0 Å². The van der Waals surface area contributed by atoms with Crippen molar-refractivity contribution in [2.24, 2.45) is 0 Å². The van der Waals surface area contributed by atoms with Gasteiger partial charge in [-0.2, -0.15) is 0 Å². The second kappa shape index (κ2) is 7.14. The van der Waals surface area contributed by atoms with Gasteiger partial charge in [0, 0.05) is 12.2 Å². The number of rotatable bonds is 4. The Morgan fingerprint density at radius 1 is 0.840 bits per heavy atom. The van der Waals surface area contributed by atoms with E-state index in [1.165, 1.54) is 27.9 Å². The first-order valence-electron chi connectivity index (χ1n) is 9.26. The lowest BCUT2D eigenvalue weighted by Gasteiger charge is -2.39. The van der Waals surface area contributed by atoms with E-state index >= 15 is 0 Å². The summed E-state index contributed by atoms with van der Waals surface area (Å²) < 4.78 is 0. The number of fused-ring (bicyclic) bond motifs is 1. The summed E-state index contributed by atoms with van der Waals surface area (Å²) in [5, 5.41) is 0. The van der Waals surface area contributed by atoms with E-state index in [0.717, 1.165) is 25.8 Å². The molecule has 126 valence electrons. The van der Waals surface area contributed by atoms with Crippen molar-refractivity contribution in [3.8, 4) is 0 Å². The Labute approximate surface area is 150 Å². The number of anilines is 1. The van der Waals surface area contributed by atoms with Crippen LogP contribution in [0.1, 0.15) is 34.7 Å². The quantitative estimate of drug-likeness (QED) is 0.591. The average molecular weight is 327 g/mol. The lowest BCUT2D eigenvalue weighted by molar-refractivity contribution is 0.545. The molecule has 0 radical (unpaired) electrons. The van der Waals surface area contributed by atoms with Gasteiger partial charge in [0.25, 0.3) is 0 Å². The third kappa shape index (κ3) is 3.46. The maximum absolute atomic E-state index is 2.60. The highest BCUT2D eigenvalue weighted by molar-refractivity contribution is 5.53. The Morgan fingerprint density at radius 2 is 1.56 bits per heavy atom. The molecule has 0 N–H and O–H groups in total. The van der Waals surface area contributed by atoms with Crippen LogP contribution in [0.2, 0.25) is 0 Å². The van der Waals surface area contributed by atoms with Crippen LogP contribution in [0.15, 0.2) is 78.9 Å². The Morgan fingerprint density at radius 3 is 2.36 bits per heavy atom. The lowest BCUT2D eigenvalue weighted by atomic mass is 9.88. The van der Waals surface area contributed by atoms with E-state index in [-0.39, 0.29) is 0 Å². The van der Waals surface area contributed by atoms with E-state index < -0.39 is 0 Å². The van der Waals surface area contributed by atoms with Crippen molar-refractivity contribution in [2.45, 2.75) is 32.2 Å². The number of nitrogens with zero attached hydrogens (tertiary/aromatic N) is 1. The Kier molecular flexibility index (Phi) is 4.56. The summed E-state index contributed by atoms with van der Waals surface area (Å²) in [6.45, 7) is 3.25. The van der Waals surface area contributed by atoms with Crippen LogP contribution in [-0.2, 0) is 12.8 Å². The summed E-state index contributed by atoms with van der Waals surface area (Å²) >= 11 is 0.